The van der Waals surface area contributed by atoms with Crippen molar-refractivity contribution in [2.24, 2.45) is 0 Å². The number of hydrogen-bond donors (Lipinski definition) is 2. The van der Waals surface area contributed by atoms with E-state index < -0.39 is 24.0 Å². The lowest BCUT2D eigenvalue weighted by Gasteiger charge is -2.19. The van der Waals surface area contributed by atoms with E-state index in [4.69, 9.17) is 9.72 Å². The Hall–Kier alpha value is -3.74. The number of carbonyl (C=O) groups is 3. The molecule has 0 saturated carbocycles. The van der Waals surface area contributed by atoms with E-state index in [0.717, 1.165) is 36.0 Å². The lowest BCUT2D eigenvalue weighted by Crippen LogP contribution is -2.42. The van der Waals surface area contributed by atoms with Crippen LogP contribution < -0.4 is 10.6 Å². The molecule has 0 saturated heterocycles. The molecule has 158 valence electrons. The summed E-state index contributed by atoms with van der Waals surface area (Å²) in [5, 5.41) is 5.45. The average Bonchev–Trinajstić information content (AvgIpc) is 3.24. The lowest BCUT2D eigenvalue weighted by molar-refractivity contribution is -0.129. The second-order valence-corrected chi connectivity index (χ2v) is 7.33. The topological polar surface area (TPSA) is 97.4 Å². The van der Waals surface area contributed by atoms with Crippen molar-refractivity contribution in [2.75, 3.05) is 6.54 Å². The van der Waals surface area contributed by atoms with Crippen LogP contribution >= 0.6 is 0 Å². The van der Waals surface area contributed by atoms with Crippen LogP contribution in [0.3, 0.4) is 0 Å². The standard InChI is InChI=1S/C24H23N3O4/c1-2-25-24(30)27-22(28)21(15-9-4-3-5-10-15)31-23(29)20-16-11-6-7-13-18(16)26-19-14-8-12-17(19)20/h3-7,9-11,13,21H,2,8,12,14H2,1H3,(H2,25,27,28,30)/t21-/m1/s1. The molecule has 2 aromatic carbocycles. The van der Waals surface area contributed by atoms with Crippen LogP contribution in [-0.2, 0) is 22.4 Å². The van der Waals surface area contributed by atoms with Crippen LogP contribution in [0, 0.1) is 0 Å². The van der Waals surface area contributed by atoms with Gasteiger partial charge in [0.05, 0.1) is 11.1 Å². The van der Waals surface area contributed by atoms with E-state index in [1.165, 1.54) is 0 Å². The largest absolute Gasteiger partial charge is 0.444 e. The minimum absolute atomic E-state index is 0.365. The van der Waals surface area contributed by atoms with Gasteiger partial charge < -0.3 is 10.1 Å². The first-order chi connectivity index (χ1) is 15.1. The number of pyridine rings is 1. The summed E-state index contributed by atoms with van der Waals surface area (Å²) >= 11 is 0. The van der Waals surface area contributed by atoms with Crippen molar-refractivity contribution < 1.29 is 19.1 Å². The minimum atomic E-state index is -1.26. The Labute approximate surface area is 179 Å². The molecule has 3 amide bonds. The predicted octanol–water partition coefficient (Wildman–Crippen LogP) is 3.47. The zero-order valence-electron chi connectivity index (χ0n) is 17.2. The van der Waals surface area contributed by atoms with Crippen molar-refractivity contribution in [1.29, 1.82) is 0 Å². The molecular weight excluding hydrogens is 394 g/mol. The van der Waals surface area contributed by atoms with Crippen molar-refractivity contribution in [3.63, 3.8) is 0 Å². The van der Waals surface area contributed by atoms with Gasteiger partial charge in [-0.05, 0) is 37.8 Å². The number of para-hydroxylation sites is 1. The summed E-state index contributed by atoms with van der Waals surface area (Å²) in [5.74, 6) is -1.31. The first-order valence-electron chi connectivity index (χ1n) is 10.3. The zero-order valence-corrected chi connectivity index (χ0v) is 17.2. The van der Waals surface area contributed by atoms with Crippen LogP contribution in [-0.4, -0.2) is 29.4 Å². The van der Waals surface area contributed by atoms with Crippen molar-refractivity contribution in [2.45, 2.75) is 32.3 Å². The SMILES string of the molecule is CCNC(=O)NC(=O)[C@H](OC(=O)c1c2c(nc3ccccc13)CCC2)c1ccccc1. The third-order valence-electron chi connectivity index (χ3n) is 5.26. The Morgan fingerprint density at radius 1 is 1.03 bits per heavy atom. The fourth-order valence-corrected chi connectivity index (χ4v) is 3.89. The highest BCUT2D eigenvalue weighted by molar-refractivity contribution is 6.06. The van der Waals surface area contributed by atoms with Crippen LogP contribution in [0.1, 0.15) is 46.6 Å². The number of ether oxygens (including phenoxy) is 1. The maximum Gasteiger partial charge on any atom is 0.340 e. The smallest absolute Gasteiger partial charge is 0.340 e. The zero-order chi connectivity index (χ0) is 21.8. The summed E-state index contributed by atoms with van der Waals surface area (Å²) in [7, 11) is 0. The molecule has 1 atom stereocenters. The summed E-state index contributed by atoms with van der Waals surface area (Å²) in [6, 6.07) is 15.4. The minimum Gasteiger partial charge on any atom is -0.444 e. The van der Waals surface area contributed by atoms with Crippen LogP contribution in [0.2, 0.25) is 0 Å². The Morgan fingerprint density at radius 2 is 1.77 bits per heavy atom. The maximum atomic E-state index is 13.4. The number of imide groups is 1. The average molecular weight is 417 g/mol. The Bertz CT molecular complexity index is 1140. The van der Waals surface area contributed by atoms with Crippen LogP contribution in [0.15, 0.2) is 54.6 Å². The second kappa shape index (κ2) is 8.95. The summed E-state index contributed by atoms with van der Waals surface area (Å²) in [6.45, 7) is 2.11. The number of amides is 3. The molecule has 0 fully saturated rings. The van der Waals surface area contributed by atoms with Crippen LogP contribution in [0.4, 0.5) is 4.79 Å². The highest BCUT2D eigenvalue weighted by atomic mass is 16.5. The summed E-state index contributed by atoms with van der Waals surface area (Å²) < 4.78 is 5.74. The van der Waals surface area contributed by atoms with Gasteiger partial charge in [0.15, 0.2) is 0 Å². The Morgan fingerprint density at radius 3 is 2.55 bits per heavy atom. The molecule has 2 N–H and O–H groups in total. The number of nitrogens with one attached hydrogen (secondary N) is 2. The van der Waals surface area contributed by atoms with Crippen molar-refractivity contribution in [1.82, 2.24) is 15.6 Å². The van der Waals surface area contributed by atoms with Gasteiger partial charge in [-0.15, -0.1) is 0 Å². The van der Waals surface area contributed by atoms with Crippen molar-refractivity contribution >= 4 is 28.8 Å². The number of urea groups is 1. The number of rotatable bonds is 5. The number of benzene rings is 2. The number of aryl methyl sites for hydroxylation is 1. The third-order valence-corrected chi connectivity index (χ3v) is 5.26. The van der Waals surface area contributed by atoms with E-state index in [1.54, 1.807) is 37.3 Å². The molecule has 7 nitrogen and oxygen atoms in total. The summed E-state index contributed by atoms with van der Waals surface area (Å²) in [5.41, 5.74) is 3.42. The molecule has 0 spiro atoms. The van der Waals surface area contributed by atoms with Crippen molar-refractivity contribution in [3.05, 3.63) is 77.0 Å². The number of aromatic nitrogens is 1. The molecule has 3 aromatic rings. The van der Waals surface area contributed by atoms with Gasteiger partial charge in [0.1, 0.15) is 0 Å². The lowest BCUT2D eigenvalue weighted by atomic mass is 10.0. The summed E-state index contributed by atoms with van der Waals surface area (Å²) in [6.07, 6.45) is 1.19. The van der Waals surface area contributed by atoms with Crippen molar-refractivity contribution in [3.8, 4) is 0 Å². The van der Waals surface area contributed by atoms with Crippen LogP contribution in [0.5, 0.6) is 0 Å². The van der Waals surface area contributed by atoms with Gasteiger partial charge in [0, 0.05) is 23.2 Å². The van der Waals surface area contributed by atoms with Gasteiger partial charge in [-0.25, -0.2) is 9.59 Å². The highest BCUT2D eigenvalue weighted by Gasteiger charge is 2.30. The van der Waals surface area contributed by atoms with Gasteiger partial charge in [-0.3, -0.25) is 15.1 Å². The van der Waals surface area contributed by atoms with Gasteiger partial charge >= 0.3 is 12.0 Å². The summed E-state index contributed by atoms with van der Waals surface area (Å²) in [4.78, 5) is 42.8. The number of carbonyl (C=O) groups excluding carboxylic acids is 3. The molecule has 4 rings (SSSR count). The number of esters is 1. The number of hydrogen-bond acceptors (Lipinski definition) is 5. The van der Waals surface area contributed by atoms with Crippen LogP contribution in [0.25, 0.3) is 10.9 Å². The molecule has 1 heterocycles. The second-order valence-electron chi connectivity index (χ2n) is 7.33. The van der Waals surface area contributed by atoms with E-state index in [-0.39, 0.29) is 0 Å². The molecule has 31 heavy (non-hydrogen) atoms. The van der Waals surface area contributed by atoms with E-state index in [0.29, 0.717) is 23.1 Å². The van der Waals surface area contributed by atoms with Gasteiger partial charge in [0.2, 0.25) is 6.10 Å². The first kappa shape index (κ1) is 20.5. The fourth-order valence-electron chi connectivity index (χ4n) is 3.89. The quantitative estimate of drug-likeness (QED) is 0.620. The van der Waals surface area contributed by atoms with Gasteiger partial charge in [-0.1, -0.05) is 48.5 Å². The first-order valence-corrected chi connectivity index (χ1v) is 10.3. The van der Waals surface area contributed by atoms with Gasteiger partial charge in [-0.2, -0.15) is 0 Å². The third kappa shape index (κ3) is 4.26. The molecule has 0 aliphatic heterocycles. The maximum absolute atomic E-state index is 13.4. The van der Waals surface area contributed by atoms with E-state index in [1.807, 2.05) is 24.3 Å². The fraction of sp³-hybridized carbons (Fsp3) is 0.250. The van der Waals surface area contributed by atoms with E-state index in [2.05, 4.69) is 10.6 Å². The molecular formula is C24H23N3O4. The molecule has 7 heteroatoms. The predicted molar refractivity (Wildman–Crippen MR) is 116 cm³/mol. The highest BCUT2D eigenvalue weighted by Crippen LogP contribution is 2.32. The number of nitrogens with zero attached hydrogens (tertiary/aromatic N) is 1. The van der Waals surface area contributed by atoms with Gasteiger partial charge in [0.25, 0.3) is 5.91 Å². The molecule has 0 unspecified atom stereocenters. The van der Waals surface area contributed by atoms with E-state index >= 15 is 0 Å². The molecule has 1 aromatic heterocycles. The monoisotopic (exact) mass is 417 g/mol. The normalized spacial score (nSPS) is 13.3. The molecule has 1 aliphatic carbocycles. The molecule has 1 aliphatic rings. The number of fused-ring (bicyclic) bond motifs is 2. The molecule has 0 bridgehead atoms. The Kier molecular flexibility index (Phi) is 5.93. The van der Waals surface area contributed by atoms with E-state index in [9.17, 15) is 14.4 Å². The molecule has 0 radical (unpaired) electrons. The Balaban J connectivity index is 1.70.